The van der Waals surface area contributed by atoms with Crippen LogP contribution in [0.15, 0.2) is 18.2 Å². The molecular formula is C16H23F2N. The van der Waals surface area contributed by atoms with E-state index in [2.05, 4.69) is 20.8 Å². The predicted octanol–water partition coefficient (Wildman–Crippen LogP) is 4.21. The molecule has 1 aromatic rings. The molecule has 0 bridgehead atoms. The molecule has 0 aliphatic heterocycles. The molecule has 0 amide bonds. The van der Waals surface area contributed by atoms with Crippen molar-refractivity contribution < 1.29 is 8.78 Å². The van der Waals surface area contributed by atoms with Gasteiger partial charge in [0.15, 0.2) is 0 Å². The molecule has 3 atom stereocenters. The highest BCUT2D eigenvalue weighted by Gasteiger charge is 2.43. The van der Waals surface area contributed by atoms with Gasteiger partial charge in [0.2, 0.25) is 0 Å². The van der Waals surface area contributed by atoms with Crippen molar-refractivity contribution in [3.05, 3.63) is 35.4 Å². The molecular weight excluding hydrogens is 244 g/mol. The van der Waals surface area contributed by atoms with Crippen molar-refractivity contribution in [2.75, 3.05) is 0 Å². The van der Waals surface area contributed by atoms with Gasteiger partial charge in [-0.2, -0.15) is 0 Å². The molecule has 106 valence electrons. The summed E-state index contributed by atoms with van der Waals surface area (Å²) in [6.07, 6.45) is 2.90. The van der Waals surface area contributed by atoms with Gasteiger partial charge in [-0.15, -0.1) is 0 Å². The summed E-state index contributed by atoms with van der Waals surface area (Å²) in [5.74, 6) is 0.0483. The normalized spacial score (nSPS) is 31.7. The minimum atomic E-state index is -0.677. The number of benzene rings is 1. The Hall–Kier alpha value is -0.960. The smallest absolute Gasteiger partial charge is 0.131 e. The van der Waals surface area contributed by atoms with Gasteiger partial charge in [0, 0.05) is 17.2 Å². The Balaban J connectivity index is 2.46. The minimum absolute atomic E-state index is 0.240. The zero-order chi connectivity index (χ0) is 14.2. The van der Waals surface area contributed by atoms with E-state index in [1.54, 1.807) is 0 Å². The van der Waals surface area contributed by atoms with Crippen molar-refractivity contribution in [2.45, 2.75) is 45.6 Å². The monoisotopic (exact) mass is 267 g/mol. The molecule has 1 aliphatic rings. The van der Waals surface area contributed by atoms with E-state index in [1.165, 1.54) is 12.1 Å². The average molecular weight is 267 g/mol. The summed E-state index contributed by atoms with van der Waals surface area (Å²) >= 11 is 0. The van der Waals surface area contributed by atoms with E-state index < -0.39 is 17.2 Å². The Kier molecular flexibility index (Phi) is 3.95. The first-order valence-corrected chi connectivity index (χ1v) is 7.09. The Bertz CT molecular complexity index is 458. The molecule has 1 fully saturated rings. The molecule has 1 aromatic carbocycles. The number of hydrogen-bond acceptors (Lipinski definition) is 1. The first-order valence-electron chi connectivity index (χ1n) is 7.09. The summed E-state index contributed by atoms with van der Waals surface area (Å²) in [6, 6.07) is 3.78. The summed E-state index contributed by atoms with van der Waals surface area (Å²) in [5, 5.41) is 0. The molecule has 0 saturated heterocycles. The topological polar surface area (TPSA) is 26.0 Å². The summed E-state index contributed by atoms with van der Waals surface area (Å²) in [4.78, 5) is 0. The Morgan fingerprint density at radius 1 is 1.26 bits per heavy atom. The molecule has 2 rings (SSSR count). The maximum atomic E-state index is 14.1. The van der Waals surface area contributed by atoms with Gasteiger partial charge in [-0.05, 0) is 36.7 Å². The molecule has 0 aromatic heterocycles. The standard InChI is InChI=1S/C16H23F2N/c1-10(2)13-6-4-11(3)9-16(13,19)14-7-5-12(17)8-15(14)18/h5,7-8,10-11,13H,4,6,9,19H2,1-3H3. The fraction of sp³-hybridized carbons (Fsp3) is 0.625. The van der Waals surface area contributed by atoms with E-state index in [1.807, 2.05) is 0 Å². The lowest BCUT2D eigenvalue weighted by atomic mass is 9.62. The molecule has 1 saturated carbocycles. The van der Waals surface area contributed by atoms with E-state index in [4.69, 9.17) is 5.73 Å². The van der Waals surface area contributed by atoms with E-state index in [-0.39, 0.29) is 5.92 Å². The van der Waals surface area contributed by atoms with Gasteiger partial charge >= 0.3 is 0 Å². The van der Waals surface area contributed by atoms with E-state index >= 15 is 0 Å². The molecule has 0 heterocycles. The minimum Gasteiger partial charge on any atom is -0.321 e. The highest BCUT2D eigenvalue weighted by Crippen LogP contribution is 2.46. The van der Waals surface area contributed by atoms with Crippen molar-refractivity contribution in [1.82, 2.24) is 0 Å². The molecule has 0 spiro atoms. The fourth-order valence-electron chi connectivity index (χ4n) is 3.66. The average Bonchev–Trinajstić information content (AvgIpc) is 2.27. The third-order valence-electron chi connectivity index (χ3n) is 4.56. The summed E-state index contributed by atoms with van der Waals surface area (Å²) in [7, 11) is 0. The lowest BCUT2D eigenvalue weighted by Gasteiger charge is -2.46. The largest absolute Gasteiger partial charge is 0.321 e. The van der Waals surface area contributed by atoms with Crippen molar-refractivity contribution in [3.63, 3.8) is 0 Å². The first-order chi connectivity index (χ1) is 8.84. The maximum absolute atomic E-state index is 14.1. The van der Waals surface area contributed by atoms with Crippen molar-refractivity contribution >= 4 is 0 Å². The second-order valence-corrected chi connectivity index (χ2v) is 6.40. The molecule has 0 radical (unpaired) electrons. The van der Waals surface area contributed by atoms with Crippen LogP contribution in [0.1, 0.15) is 45.6 Å². The maximum Gasteiger partial charge on any atom is 0.131 e. The zero-order valence-electron chi connectivity index (χ0n) is 11.9. The lowest BCUT2D eigenvalue weighted by Crippen LogP contribution is -2.50. The van der Waals surface area contributed by atoms with Crippen LogP contribution in [0.5, 0.6) is 0 Å². The quantitative estimate of drug-likeness (QED) is 0.853. The van der Waals surface area contributed by atoms with Crippen LogP contribution in [0.4, 0.5) is 8.78 Å². The molecule has 3 unspecified atom stereocenters. The highest BCUT2D eigenvalue weighted by molar-refractivity contribution is 5.28. The Labute approximate surface area is 114 Å². The van der Waals surface area contributed by atoms with Crippen LogP contribution in [0.3, 0.4) is 0 Å². The number of halogens is 2. The molecule has 3 heteroatoms. The van der Waals surface area contributed by atoms with Crippen molar-refractivity contribution in [1.29, 1.82) is 0 Å². The Morgan fingerprint density at radius 3 is 2.53 bits per heavy atom. The van der Waals surface area contributed by atoms with Crippen molar-refractivity contribution in [3.8, 4) is 0 Å². The van der Waals surface area contributed by atoms with Crippen LogP contribution in [0.25, 0.3) is 0 Å². The van der Waals surface area contributed by atoms with Crippen LogP contribution < -0.4 is 5.73 Å². The Morgan fingerprint density at radius 2 is 1.95 bits per heavy atom. The van der Waals surface area contributed by atoms with Gasteiger partial charge in [0.1, 0.15) is 11.6 Å². The highest BCUT2D eigenvalue weighted by atomic mass is 19.1. The number of nitrogens with two attached hydrogens (primary N) is 1. The van der Waals surface area contributed by atoms with E-state index in [9.17, 15) is 8.78 Å². The second-order valence-electron chi connectivity index (χ2n) is 6.40. The van der Waals surface area contributed by atoms with Gasteiger partial charge in [-0.1, -0.05) is 33.3 Å². The molecule has 19 heavy (non-hydrogen) atoms. The predicted molar refractivity (Wildman–Crippen MR) is 73.6 cm³/mol. The number of rotatable bonds is 2. The molecule has 1 nitrogen and oxygen atoms in total. The first kappa shape index (κ1) is 14.4. The van der Waals surface area contributed by atoms with Gasteiger partial charge in [-0.3, -0.25) is 0 Å². The summed E-state index contributed by atoms with van der Waals surface area (Å²) in [6.45, 7) is 6.41. The summed E-state index contributed by atoms with van der Waals surface area (Å²) < 4.78 is 27.2. The summed E-state index contributed by atoms with van der Waals surface area (Å²) in [5.41, 5.74) is 6.40. The molecule has 2 N–H and O–H groups in total. The fourth-order valence-corrected chi connectivity index (χ4v) is 3.66. The van der Waals surface area contributed by atoms with Gasteiger partial charge in [0.05, 0.1) is 0 Å². The third kappa shape index (κ3) is 2.66. The van der Waals surface area contributed by atoms with Crippen LogP contribution in [-0.2, 0) is 5.54 Å². The molecule has 1 aliphatic carbocycles. The van der Waals surface area contributed by atoms with Crippen LogP contribution >= 0.6 is 0 Å². The van der Waals surface area contributed by atoms with Crippen LogP contribution in [-0.4, -0.2) is 0 Å². The van der Waals surface area contributed by atoms with Crippen molar-refractivity contribution in [2.24, 2.45) is 23.5 Å². The van der Waals surface area contributed by atoms with Gasteiger partial charge in [0.25, 0.3) is 0 Å². The van der Waals surface area contributed by atoms with Gasteiger partial charge in [-0.25, -0.2) is 8.78 Å². The van der Waals surface area contributed by atoms with E-state index in [0.717, 1.165) is 25.3 Å². The zero-order valence-corrected chi connectivity index (χ0v) is 11.9. The van der Waals surface area contributed by atoms with Crippen LogP contribution in [0.2, 0.25) is 0 Å². The van der Waals surface area contributed by atoms with Crippen LogP contribution in [0, 0.1) is 29.4 Å². The van der Waals surface area contributed by atoms with E-state index in [0.29, 0.717) is 17.4 Å². The third-order valence-corrected chi connectivity index (χ3v) is 4.56. The SMILES string of the molecule is CC1CCC(C(C)C)C(N)(c2ccc(F)cc2F)C1. The number of hydrogen-bond donors (Lipinski definition) is 1. The lowest BCUT2D eigenvalue weighted by molar-refractivity contribution is 0.105. The van der Waals surface area contributed by atoms with Gasteiger partial charge < -0.3 is 5.73 Å². The second kappa shape index (κ2) is 5.20.